The van der Waals surface area contributed by atoms with Crippen LogP contribution in [0.5, 0.6) is 0 Å². The topological polar surface area (TPSA) is 75.6 Å². The maximum absolute atomic E-state index is 12.7. The average molecular weight is 315 g/mol. The monoisotopic (exact) mass is 315 g/mol. The SMILES string of the molecule is O=C(N[C@H]1C[C@H]2CC(C(=O)O)C[C@H]21)c1cccc2c1CCOC2. The van der Waals surface area contributed by atoms with Gasteiger partial charge in [-0.1, -0.05) is 12.1 Å². The van der Waals surface area contributed by atoms with Gasteiger partial charge < -0.3 is 15.2 Å². The van der Waals surface area contributed by atoms with Crippen LogP contribution in [-0.2, 0) is 22.6 Å². The molecule has 0 bridgehead atoms. The fourth-order valence-corrected chi connectivity index (χ4v) is 4.47. The molecule has 2 N–H and O–H groups in total. The number of fused-ring (bicyclic) bond motifs is 2. The Bertz CT molecular complexity index is 656. The van der Waals surface area contributed by atoms with Gasteiger partial charge in [0.15, 0.2) is 0 Å². The number of hydrogen-bond acceptors (Lipinski definition) is 3. The maximum atomic E-state index is 12.7. The Morgan fingerprint density at radius 3 is 2.91 bits per heavy atom. The molecular weight excluding hydrogens is 294 g/mol. The van der Waals surface area contributed by atoms with E-state index in [0.29, 0.717) is 31.5 Å². The first-order chi connectivity index (χ1) is 11.1. The minimum absolute atomic E-state index is 0.0222. The number of carboxylic acid groups (broad SMARTS) is 1. The van der Waals surface area contributed by atoms with Crippen LogP contribution < -0.4 is 5.32 Å². The van der Waals surface area contributed by atoms with Crippen molar-refractivity contribution in [2.45, 2.75) is 38.3 Å². The number of carbonyl (C=O) groups excluding carboxylic acids is 1. The van der Waals surface area contributed by atoms with Gasteiger partial charge in [-0.25, -0.2) is 0 Å². The van der Waals surface area contributed by atoms with Crippen LogP contribution in [0.15, 0.2) is 18.2 Å². The van der Waals surface area contributed by atoms with Gasteiger partial charge in [0.25, 0.3) is 5.91 Å². The molecule has 122 valence electrons. The van der Waals surface area contributed by atoms with Gasteiger partial charge in [0.2, 0.25) is 0 Å². The average Bonchev–Trinajstić information content (AvgIpc) is 2.89. The Morgan fingerprint density at radius 1 is 1.22 bits per heavy atom. The third-order valence-electron chi connectivity index (χ3n) is 5.76. The van der Waals surface area contributed by atoms with Crippen molar-refractivity contribution in [2.75, 3.05) is 6.61 Å². The Hall–Kier alpha value is -1.88. The molecular formula is C18H21NO4. The van der Waals surface area contributed by atoms with Crippen molar-refractivity contribution in [3.8, 4) is 0 Å². The summed E-state index contributed by atoms with van der Waals surface area (Å²) in [6.45, 7) is 1.23. The molecule has 2 fully saturated rings. The number of carbonyl (C=O) groups is 2. The van der Waals surface area contributed by atoms with Gasteiger partial charge in [0, 0.05) is 11.6 Å². The number of hydrogen-bond donors (Lipinski definition) is 2. The molecule has 1 aromatic rings. The summed E-state index contributed by atoms with van der Waals surface area (Å²) in [7, 11) is 0. The quantitative estimate of drug-likeness (QED) is 0.894. The van der Waals surface area contributed by atoms with Crippen LogP contribution >= 0.6 is 0 Å². The predicted molar refractivity (Wildman–Crippen MR) is 83.0 cm³/mol. The molecule has 2 saturated carbocycles. The van der Waals surface area contributed by atoms with Crippen molar-refractivity contribution in [3.05, 3.63) is 34.9 Å². The minimum Gasteiger partial charge on any atom is -0.481 e. The molecule has 0 saturated heterocycles. The highest BCUT2D eigenvalue weighted by atomic mass is 16.5. The zero-order valence-electron chi connectivity index (χ0n) is 13.0. The maximum Gasteiger partial charge on any atom is 0.306 e. The molecule has 4 rings (SSSR count). The van der Waals surface area contributed by atoms with E-state index in [4.69, 9.17) is 9.84 Å². The van der Waals surface area contributed by atoms with Crippen LogP contribution in [0.4, 0.5) is 0 Å². The molecule has 1 unspecified atom stereocenters. The van der Waals surface area contributed by atoms with Crippen LogP contribution in [0.1, 0.15) is 40.7 Å². The van der Waals surface area contributed by atoms with Crippen molar-refractivity contribution in [1.82, 2.24) is 5.32 Å². The Morgan fingerprint density at radius 2 is 2.09 bits per heavy atom. The number of amides is 1. The van der Waals surface area contributed by atoms with E-state index in [1.54, 1.807) is 0 Å². The van der Waals surface area contributed by atoms with Crippen LogP contribution in [0.3, 0.4) is 0 Å². The lowest BCUT2D eigenvalue weighted by molar-refractivity contribution is -0.141. The van der Waals surface area contributed by atoms with E-state index in [0.717, 1.165) is 36.0 Å². The van der Waals surface area contributed by atoms with Crippen molar-refractivity contribution in [1.29, 1.82) is 0 Å². The second kappa shape index (κ2) is 5.64. The number of ether oxygens (including phenoxy) is 1. The van der Waals surface area contributed by atoms with E-state index in [-0.39, 0.29) is 17.9 Å². The van der Waals surface area contributed by atoms with Gasteiger partial charge in [-0.3, -0.25) is 9.59 Å². The fourth-order valence-electron chi connectivity index (χ4n) is 4.47. The normalized spacial score (nSPS) is 31.7. The molecule has 1 amide bonds. The van der Waals surface area contributed by atoms with Crippen molar-refractivity contribution >= 4 is 11.9 Å². The molecule has 23 heavy (non-hydrogen) atoms. The predicted octanol–water partition coefficient (Wildman–Crippen LogP) is 1.99. The van der Waals surface area contributed by atoms with Gasteiger partial charge in [-0.15, -0.1) is 0 Å². The molecule has 0 spiro atoms. The summed E-state index contributed by atoms with van der Waals surface area (Å²) < 4.78 is 5.45. The first-order valence-corrected chi connectivity index (χ1v) is 8.35. The molecule has 1 heterocycles. The second-order valence-corrected chi connectivity index (χ2v) is 6.99. The van der Waals surface area contributed by atoms with Crippen LogP contribution in [-0.4, -0.2) is 29.6 Å². The summed E-state index contributed by atoms with van der Waals surface area (Å²) in [5, 5.41) is 12.3. The molecule has 2 aliphatic carbocycles. The molecule has 1 aliphatic heterocycles. The fraction of sp³-hybridized carbons (Fsp3) is 0.556. The number of aliphatic carboxylic acids is 1. The number of nitrogens with one attached hydrogen (secondary N) is 1. The summed E-state index contributed by atoms with van der Waals surface area (Å²) in [5.74, 6) is -0.136. The van der Waals surface area contributed by atoms with Gasteiger partial charge in [-0.05, 0) is 54.7 Å². The zero-order valence-corrected chi connectivity index (χ0v) is 13.0. The largest absolute Gasteiger partial charge is 0.481 e. The number of carboxylic acids is 1. The third-order valence-corrected chi connectivity index (χ3v) is 5.76. The van der Waals surface area contributed by atoms with E-state index in [1.165, 1.54) is 0 Å². The lowest BCUT2D eigenvalue weighted by atomic mass is 9.71. The molecule has 0 aromatic heterocycles. The van der Waals surface area contributed by atoms with Gasteiger partial charge in [-0.2, -0.15) is 0 Å². The Balaban J connectivity index is 1.45. The second-order valence-electron chi connectivity index (χ2n) is 6.99. The van der Waals surface area contributed by atoms with Crippen molar-refractivity contribution in [2.24, 2.45) is 17.8 Å². The molecule has 5 heteroatoms. The summed E-state index contributed by atoms with van der Waals surface area (Å²) in [6, 6.07) is 5.93. The zero-order chi connectivity index (χ0) is 16.0. The highest BCUT2D eigenvalue weighted by Crippen LogP contribution is 2.49. The third kappa shape index (κ3) is 2.53. The molecule has 4 atom stereocenters. The Labute approximate surface area is 135 Å². The van der Waals surface area contributed by atoms with Gasteiger partial charge in [0.05, 0.1) is 19.1 Å². The van der Waals surface area contributed by atoms with Crippen LogP contribution in [0.2, 0.25) is 0 Å². The Kier molecular flexibility index (Phi) is 3.60. The summed E-state index contributed by atoms with van der Waals surface area (Å²) in [6.07, 6.45) is 3.16. The number of rotatable bonds is 3. The molecule has 3 aliphatic rings. The first-order valence-electron chi connectivity index (χ1n) is 8.35. The standard InChI is InChI=1S/C18H21NO4/c20-17(14-3-1-2-10-9-23-5-4-13(10)14)19-16-8-11-6-12(18(21)22)7-15(11)16/h1-3,11-12,15-16H,4-9H2,(H,19,20)(H,21,22)/t11-,12?,15-,16+/m1/s1. The van der Waals surface area contributed by atoms with Gasteiger partial charge >= 0.3 is 5.97 Å². The van der Waals surface area contributed by atoms with Crippen molar-refractivity contribution < 1.29 is 19.4 Å². The highest BCUT2D eigenvalue weighted by Gasteiger charge is 2.50. The van der Waals surface area contributed by atoms with Crippen LogP contribution in [0.25, 0.3) is 0 Å². The lowest BCUT2D eigenvalue weighted by Crippen LogP contribution is -2.50. The molecule has 5 nitrogen and oxygen atoms in total. The van der Waals surface area contributed by atoms with Crippen molar-refractivity contribution in [3.63, 3.8) is 0 Å². The minimum atomic E-state index is -0.693. The molecule has 1 aromatic carbocycles. The summed E-state index contributed by atoms with van der Waals surface area (Å²) in [4.78, 5) is 23.8. The van der Waals surface area contributed by atoms with Crippen LogP contribution in [0, 0.1) is 17.8 Å². The highest BCUT2D eigenvalue weighted by molar-refractivity contribution is 5.96. The van der Waals surface area contributed by atoms with E-state index < -0.39 is 5.97 Å². The van der Waals surface area contributed by atoms with E-state index in [2.05, 4.69) is 5.32 Å². The molecule has 0 radical (unpaired) electrons. The van der Waals surface area contributed by atoms with E-state index >= 15 is 0 Å². The van der Waals surface area contributed by atoms with E-state index in [1.807, 2.05) is 18.2 Å². The van der Waals surface area contributed by atoms with E-state index in [9.17, 15) is 9.59 Å². The lowest BCUT2D eigenvalue weighted by Gasteiger charge is -2.41. The van der Waals surface area contributed by atoms with Gasteiger partial charge in [0.1, 0.15) is 0 Å². The summed E-state index contributed by atoms with van der Waals surface area (Å²) >= 11 is 0. The first kappa shape index (κ1) is 14.7. The smallest absolute Gasteiger partial charge is 0.306 e. The number of benzene rings is 1. The summed E-state index contributed by atoms with van der Waals surface area (Å²) in [5.41, 5.74) is 2.95.